The Morgan fingerprint density at radius 2 is 2.12 bits per heavy atom. The Bertz CT molecular complexity index is 767. The van der Waals surface area contributed by atoms with Crippen LogP contribution in [0.3, 0.4) is 0 Å². The number of hydrogen-bond acceptors (Lipinski definition) is 5. The molecule has 1 aliphatic heterocycles. The van der Waals surface area contributed by atoms with Crippen molar-refractivity contribution >= 4 is 17.7 Å². The molecule has 140 valence electrons. The van der Waals surface area contributed by atoms with Crippen LogP contribution in [0.4, 0.5) is 0 Å². The zero-order chi connectivity index (χ0) is 18.1. The van der Waals surface area contributed by atoms with Crippen molar-refractivity contribution in [2.75, 3.05) is 6.54 Å². The van der Waals surface area contributed by atoms with Crippen molar-refractivity contribution in [3.05, 3.63) is 24.0 Å². The third-order valence-corrected chi connectivity index (χ3v) is 6.38. The molecule has 8 heteroatoms. The molecule has 2 aromatic rings. The number of aryl methyl sites for hydroxylation is 1. The van der Waals surface area contributed by atoms with Crippen LogP contribution in [-0.4, -0.2) is 47.4 Å². The van der Waals surface area contributed by atoms with Crippen molar-refractivity contribution < 1.29 is 4.79 Å². The lowest BCUT2D eigenvalue weighted by Crippen LogP contribution is -2.40. The molecule has 2 atom stereocenters. The molecule has 1 amide bonds. The highest BCUT2D eigenvalue weighted by atomic mass is 32.2. The van der Waals surface area contributed by atoms with E-state index in [1.807, 2.05) is 11.6 Å². The fraction of sp³-hybridized carbons (Fsp3) is 0.667. The molecule has 0 unspecified atom stereocenters. The highest BCUT2D eigenvalue weighted by Crippen LogP contribution is 2.38. The SMILES string of the molecule is C[C@@H](Sc1nnnn1C1CC1)C(=O)N1CCCCC[C@@H]1c1cccn1C. The Labute approximate surface area is 158 Å². The van der Waals surface area contributed by atoms with Crippen molar-refractivity contribution in [2.24, 2.45) is 7.05 Å². The molecular weight excluding hydrogens is 348 g/mol. The minimum Gasteiger partial charge on any atom is -0.353 e. The highest BCUT2D eigenvalue weighted by molar-refractivity contribution is 8.00. The van der Waals surface area contributed by atoms with Crippen molar-refractivity contribution in [3.63, 3.8) is 0 Å². The van der Waals surface area contributed by atoms with Gasteiger partial charge in [0.05, 0.1) is 17.3 Å². The summed E-state index contributed by atoms with van der Waals surface area (Å²) in [6.45, 7) is 2.80. The van der Waals surface area contributed by atoms with E-state index in [-0.39, 0.29) is 17.2 Å². The molecule has 0 N–H and O–H groups in total. The summed E-state index contributed by atoms with van der Waals surface area (Å²) in [6.07, 6.45) is 8.77. The van der Waals surface area contributed by atoms with E-state index in [1.54, 1.807) is 0 Å². The lowest BCUT2D eigenvalue weighted by Gasteiger charge is -2.32. The number of tetrazole rings is 1. The fourth-order valence-corrected chi connectivity index (χ4v) is 4.68. The van der Waals surface area contributed by atoms with Gasteiger partial charge in [-0.1, -0.05) is 24.6 Å². The van der Waals surface area contributed by atoms with E-state index in [1.165, 1.54) is 30.3 Å². The quantitative estimate of drug-likeness (QED) is 0.753. The molecular formula is C18H26N6OS. The maximum atomic E-state index is 13.3. The van der Waals surface area contributed by atoms with Gasteiger partial charge in [-0.15, -0.1) is 5.10 Å². The van der Waals surface area contributed by atoms with Crippen LogP contribution in [0, 0.1) is 0 Å². The Hall–Kier alpha value is -1.83. The molecule has 0 spiro atoms. The second kappa shape index (κ2) is 7.42. The summed E-state index contributed by atoms with van der Waals surface area (Å²) in [6, 6.07) is 4.78. The Kier molecular flexibility index (Phi) is 5.02. The van der Waals surface area contributed by atoms with Crippen LogP contribution in [0.25, 0.3) is 0 Å². The van der Waals surface area contributed by atoms with E-state index >= 15 is 0 Å². The predicted octanol–water partition coefficient (Wildman–Crippen LogP) is 2.97. The number of amides is 1. The third kappa shape index (κ3) is 3.51. The molecule has 1 aliphatic carbocycles. The molecule has 1 saturated carbocycles. The van der Waals surface area contributed by atoms with Gasteiger partial charge in [-0.05, 0) is 55.2 Å². The summed E-state index contributed by atoms with van der Waals surface area (Å²) in [7, 11) is 2.06. The Morgan fingerprint density at radius 3 is 2.85 bits per heavy atom. The predicted molar refractivity (Wildman–Crippen MR) is 99.7 cm³/mol. The highest BCUT2D eigenvalue weighted by Gasteiger charge is 2.33. The lowest BCUT2D eigenvalue weighted by atomic mass is 10.1. The molecule has 2 aliphatic rings. The molecule has 4 rings (SSSR count). The Morgan fingerprint density at radius 1 is 1.27 bits per heavy atom. The van der Waals surface area contributed by atoms with Gasteiger partial charge in [0.2, 0.25) is 11.1 Å². The first-order valence-electron chi connectivity index (χ1n) is 9.51. The topological polar surface area (TPSA) is 68.8 Å². The summed E-state index contributed by atoms with van der Waals surface area (Å²) in [4.78, 5) is 15.4. The van der Waals surface area contributed by atoms with Crippen LogP contribution in [0.15, 0.2) is 23.5 Å². The molecule has 26 heavy (non-hydrogen) atoms. The van der Waals surface area contributed by atoms with Gasteiger partial charge < -0.3 is 9.47 Å². The second-order valence-corrected chi connectivity index (χ2v) is 8.65. The zero-order valence-electron chi connectivity index (χ0n) is 15.4. The molecule has 7 nitrogen and oxygen atoms in total. The first-order chi connectivity index (χ1) is 12.6. The zero-order valence-corrected chi connectivity index (χ0v) is 16.2. The second-order valence-electron chi connectivity index (χ2n) is 7.34. The van der Waals surface area contributed by atoms with Gasteiger partial charge in [0.1, 0.15) is 0 Å². The lowest BCUT2D eigenvalue weighted by molar-refractivity contribution is -0.132. The minimum absolute atomic E-state index is 0.160. The van der Waals surface area contributed by atoms with Gasteiger partial charge in [-0.25, -0.2) is 4.68 Å². The number of likely N-dealkylation sites (tertiary alicyclic amines) is 1. The van der Waals surface area contributed by atoms with Crippen LogP contribution in [0.1, 0.15) is 63.2 Å². The summed E-state index contributed by atoms with van der Waals surface area (Å²) >= 11 is 1.49. The first-order valence-corrected chi connectivity index (χ1v) is 10.4. The Balaban J connectivity index is 1.52. The smallest absolute Gasteiger partial charge is 0.236 e. The largest absolute Gasteiger partial charge is 0.353 e. The molecule has 0 bridgehead atoms. The summed E-state index contributed by atoms with van der Waals surface area (Å²) in [5.41, 5.74) is 1.22. The maximum absolute atomic E-state index is 13.3. The van der Waals surface area contributed by atoms with Gasteiger partial charge in [0.15, 0.2) is 0 Å². The maximum Gasteiger partial charge on any atom is 0.236 e. The van der Waals surface area contributed by atoms with Crippen molar-refractivity contribution in [3.8, 4) is 0 Å². The number of thioether (sulfide) groups is 1. The summed E-state index contributed by atoms with van der Waals surface area (Å²) in [5.74, 6) is 0.188. The first kappa shape index (κ1) is 17.6. The van der Waals surface area contributed by atoms with Gasteiger partial charge in [-0.3, -0.25) is 4.79 Å². The number of nitrogens with zero attached hydrogens (tertiary/aromatic N) is 6. The van der Waals surface area contributed by atoms with Crippen LogP contribution < -0.4 is 0 Å². The average molecular weight is 375 g/mol. The number of carbonyl (C=O) groups is 1. The summed E-state index contributed by atoms with van der Waals surface area (Å²) < 4.78 is 4.02. The average Bonchev–Trinajstić information content (AvgIpc) is 3.31. The molecule has 0 radical (unpaired) electrons. The minimum atomic E-state index is -0.195. The van der Waals surface area contributed by atoms with E-state index in [9.17, 15) is 4.79 Å². The number of hydrogen-bond donors (Lipinski definition) is 0. The van der Waals surface area contributed by atoms with Crippen LogP contribution in [0.2, 0.25) is 0 Å². The van der Waals surface area contributed by atoms with Crippen molar-refractivity contribution in [1.29, 1.82) is 0 Å². The van der Waals surface area contributed by atoms with Gasteiger partial charge in [0.25, 0.3) is 0 Å². The standard InChI is InChI=1S/C18H26N6OS/c1-13(26-18-19-20-21-24(18)14-9-10-14)17(25)23-12-5-3-4-7-16(23)15-8-6-11-22(15)2/h6,8,11,13-14,16H,3-5,7,9-10,12H2,1-2H3/t13-,16-/m1/s1. The van der Waals surface area contributed by atoms with Crippen molar-refractivity contribution in [1.82, 2.24) is 29.7 Å². The third-order valence-electron chi connectivity index (χ3n) is 5.35. The van der Waals surface area contributed by atoms with E-state index in [0.29, 0.717) is 6.04 Å². The van der Waals surface area contributed by atoms with E-state index in [0.717, 1.165) is 37.4 Å². The molecule has 1 saturated heterocycles. The van der Waals surface area contributed by atoms with E-state index in [4.69, 9.17) is 0 Å². The molecule has 2 aromatic heterocycles. The normalized spacial score (nSPS) is 22.2. The molecule has 0 aromatic carbocycles. The monoisotopic (exact) mass is 374 g/mol. The van der Waals surface area contributed by atoms with Crippen LogP contribution in [0.5, 0.6) is 0 Å². The van der Waals surface area contributed by atoms with Gasteiger partial charge >= 0.3 is 0 Å². The van der Waals surface area contributed by atoms with Gasteiger partial charge in [-0.2, -0.15) is 0 Å². The number of rotatable bonds is 5. The molecule has 3 heterocycles. The van der Waals surface area contributed by atoms with Gasteiger partial charge in [0, 0.05) is 25.5 Å². The summed E-state index contributed by atoms with van der Waals surface area (Å²) in [5, 5.41) is 12.6. The van der Waals surface area contributed by atoms with E-state index in [2.05, 4.69) is 50.4 Å². The van der Waals surface area contributed by atoms with E-state index < -0.39 is 0 Å². The number of aromatic nitrogens is 5. The van der Waals surface area contributed by atoms with Crippen LogP contribution in [-0.2, 0) is 11.8 Å². The molecule has 2 fully saturated rings. The number of carbonyl (C=O) groups excluding carboxylic acids is 1. The van der Waals surface area contributed by atoms with Crippen molar-refractivity contribution in [2.45, 2.75) is 67.9 Å². The van der Waals surface area contributed by atoms with Crippen LogP contribution >= 0.6 is 11.8 Å². The fourth-order valence-electron chi connectivity index (χ4n) is 3.75.